The Hall–Kier alpha value is -1.02. The third-order valence-electron chi connectivity index (χ3n) is 5.41. The van der Waals surface area contributed by atoms with E-state index in [0.717, 1.165) is 11.8 Å². The molecule has 2 rings (SSSR count). The van der Waals surface area contributed by atoms with Crippen molar-refractivity contribution in [2.45, 2.75) is 53.0 Å². The van der Waals surface area contributed by atoms with Gasteiger partial charge in [-0.25, -0.2) is 0 Å². The van der Waals surface area contributed by atoms with Crippen LogP contribution >= 0.6 is 0 Å². The van der Waals surface area contributed by atoms with E-state index in [4.69, 9.17) is 0 Å². The molecule has 0 saturated carbocycles. The van der Waals surface area contributed by atoms with Gasteiger partial charge in [-0.1, -0.05) is 26.0 Å². The quantitative estimate of drug-likeness (QED) is 0.766. The fourth-order valence-electron chi connectivity index (χ4n) is 3.33. The van der Waals surface area contributed by atoms with Crippen LogP contribution in [0.25, 0.3) is 0 Å². The number of nitrogens with zero attached hydrogens (tertiary/aromatic N) is 2. The van der Waals surface area contributed by atoms with E-state index < -0.39 is 0 Å². The highest BCUT2D eigenvalue weighted by Crippen LogP contribution is 2.24. The molecule has 2 heteroatoms. The van der Waals surface area contributed by atoms with Gasteiger partial charge in [-0.3, -0.25) is 0 Å². The van der Waals surface area contributed by atoms with E-state index in [1.54, 1.807) is 0 Å². The first-order chi connectivity index (χ1) is 10.5. The van der Waals surface area contributed by atoms with Crippen LogP contribution in [0.3, 0.4) is 0 Å². The van der Waals surface area contributed by atoms with Gasteiger partial charge in [0.1, 0.15) is 0 Å². The van der Waals surface area contributed by atoms with Gasteiger partial charge in [0.25, 0.3) is 0 Å². The summed E-state index contributed by atoms with van der Waals surface area (Å²) in [7, 11) is 2.17. The highest BCUT2D eigenvalue weighted by molar-refractivity contribution is 5.47. The van der Waals surface area contributed by atoms with Gasteiger partial charge in [-0.05, 0) is 75.7 Å². The van der Waals surface area contributed by atoms with Crippen molar-refractivity contribution in [3.05, 3.63) is 29.8 Å². The average molecular weight is 303 g/mol. The number of piperidine rings is 1. The van der Waals surface area contributed by atoms with Crippen molar-refractivity contribution in [3.8, 4) is 0 Å². The molecule has 1 aromatic carbocycles. The summed E-state index contributed by atoms with van der Waals surface area (Å²) < 4.78 is 0. The van der Waals surface area contributed by atoms with Crippen LogP contribution in [0, 0.1) is 11.8 Å². The van der Waals surface area contributed by atoms with Gasteiger partial charge in [0.05, 0.1) is 0 Å². The molecule has 22 heavy (non-hydrogen) atoms. The Kier molecular flexibility index (Phi) is 6.31. The van der Waals surface area contributed by atoms with Crippen LogP contribution in [0.15, 0.2) is 24.3 Å². The highest BCUT2D eigenvalue weighted by Gasteiger charge is 2.21. The summed E-state index contributed by atoms with van der Waals surface area (Å²) in [5.41, 5.74) is 2.78. The molecule has 2 nitrogen and oxygen atoms in total. The minimum Gasteiger partial charge on any atom is -0.372 e. The van der Waals surface area contributed by atoms with Crippen LogP contribution in [0.2, 0.25) is 0 Å². The summed E-state index contributed by atoms with van der Waals surface area (Å²) in [6.45, 7) is 13.0. The minimum atomic E-state index is 0.549. The largest absolute Gasteiger partial charge is 0.372 e. The van der Waals surface area contributed by atoms with Gasteiger partial charge in [0, 0.05) is 25.3 Å². The number of hydrogen-bond acceptors (Lipinski definition) is 2. The summed E-state index contributed by atoms with van der Waals surface area (Å²) in [4.78, 5) is 4.97. The number of likely N-dealkylation sites (tertiary alicyclic amines) is 1. The molecular formula is C20H34N2. The zero-order valence-electron chi connectivity index (χ0n) is 15.2. The lowest BCUT2D eigenvalue weighted by atomic mass is 9.86. The van der Waals surface area contributed by atoms with E-state index in [-0.39, 0.29) is 0 Å². The molecule has 0 spiro atoms. The first-order valence-electron chi connectivity index (χ1n) is 9.01. The van der Waals surface area contributed by atoms with Crippen LogP contribution < -0.4 is 4.90 Å². The highest BCUT2D eigenvalue weighted by atomic mass is 15.1. The minimum absolute atomic E-state index is 0.549. The van der Waals surface area contributed by atoms with E-state index in [2.05, 4.69) is 68.8 Å². The predicted molar refractivity (Wildman–Crippen MR) is 97.7 cm³/mol. The van der Waals surface area contributed by atoms with Crippen LogP contribution in [0.5, 0.6) is 0 Å². The van der Waals surface area contributed by atoms with Crippen LogP contribution in [-0.2, 0) is 6.42 Å². The van der Waals surface area contributed by atoms with Crippen molar-refractivity contribution in [3.63, 3.8) is 0 Å². The topological polar surface area (TPSA) is 6.48 Å². The fraction of sp³-hybridized carbons (Fsp3) is 0.700. The van der Waals surface area contributed by atoms with Gasteiger partial charge >= 0.3 is 0 Å². The zero-order valence-corrected chi connectivity index (χ0v) is 15.2. The van der Waals surface area contributed by atoms with Crippen molar-refractivity contribution in [2.24, 2.45) is 11.8 Å². The van der Waals surface area contributed by atoms with Gasteiger partial charge < -0.3 is 9.80 Å². The first-order valence-corrected chi connectivity index (χ1v) is 9.01. The van der Waals surface area contributed by atoms with E-state index in [9.17, 15) is 0 Å². The summed E-state index contributed by atoms with van der Waals surface area (Å²) in [6, 6.07) is 9.68. The number of anilines is 1. The average Bonchev–Trinajstić information content (AvgIpc) is 2.53. The summed E-state index contributed by atoms with van der Waals surface area (Å²) in [5.74, 6) is 1.80. The lowest BCUT2D eigenvalue weighted by Gasteiger charge is -2.33. The second kappa shape index (κ2) is 8.01. The molecule has 1 aliphatic heterocycles. The van der Waals surface area contributed by atoms with E-state index in [1.165, 1.54) is 50.1 Å². The molecule has 0 atom stereocenters. The third kappa shape index (κ3) is 4.74. The zero-order chi connectivity index (χ0) is 16.1. The molecule has 0 amide bonds. The normalized spacial score (nSPS) is 17.4. The molecule has 1 aromatic rings. The van der Waals surface area contributed by atoms with E-state index in [1.807, 2.05) is 0 Å². The van der Waals surface area contributed by atoms with E-state index in [0.29, 0.717) is 6.04 Å². The van der Waals surface area contributed by atoms with Crippen molar-refractivity contribution in [1.29, 1.82) is 0 Å². The van der Waals surface area contributed by atoms with Gasteiger partial charge in [-0.2, -0.15) is 0 Å². The molecule has 0 N–H and O–H groups in total. The Bertz CT molecular complexity index is 428. The first kappa shape index (κ1) is 17.3. The summed E-state index contributed by atoms with van der Waals surface area (Å²) >= 11 is 0. The van der Waals surface area contributed by atoms with Crippen LogP contribution in [0.4, 0.5) is 5.69 Å². The molecule has 0 unspecified atom stereocenters. The Morgan fingerprint density at radius 2 is 1.64 bits per heavy atom. The Morgan fingerprint density at radius 3 is 2.14 bits per heavy atom. The Labute approximate surface area is 137 Å². The Morgan fingerprint density at radius 1 is 1.05 bits per heavy atom. The molecule has 1 saturated heterocycles. The molecule has 0 bridgehead atoms. The monoisotopic (exact) mass is 302 g/mol. The SMILES string of the molecule is CC(C)C1CCN(CCc2ccc(N(C)C(C)C)cc2)CC1. The van der Waals surface area contributed by atoms with Crippen molar-refractivity contribution >= 4 is 5.69 Å². The molecule has 1 aliphatic rings. The second-order valence-electron chi connectivity index (χ2n) is 7.54. The molecule has 0 radical (unpaired) electrons. The van der Waals surface area contributed by atoms with Crippen molar-refractivity contribution in [1.82, 2.24) is 4.90 Å². The van der Waals surface area contributed by atoms with Crippen LogP contribution in [0.1, 0.15) is 46.1 Å². The second-order valence-corrected chi connectivity index (χ2v) is 7.54. The summed E-state index contributed by atoms with van der Waals surface area (Å²) in [5, 5.41) is 0. The van der Waals surface area contributed by atoms with Gasteiger partial charge in [0.2, 0.25) is 0 Å². The van der Waals surface area contributed by atoms with Crippen molar-refractivity contribution in [2.75, 3.05) is 31.6 Å². The molecular weight excluding hydrogens is 268 g/mol. The fourth-order valence-corrected chi connectivity index (χ4v) is 3.33. The standard InChI is InChI=1S/C20H34N2/c1-16(2)19-11-14-22(15-12-19)13-10-18-6-8-20(9-7-18)21(5)17(3)4/h6-9,16-17,19H,10-15H2,1-5H3. The maximum Gasteiger partial charge on any atom is 0.0366 e. The molecule has 1 heterocycles. The maximum atomic E-state index is 2.65. The third-order valence-corrected chi connectivity index (χ3v) is 5.41. The number of rotatable bonds is 6. The number of benzene rings is 1. The molecule has 0 aromatic heterocycles. The lowest BCUT2D eigenvalue weighted by molar-refractivity contribution is 0.159. The van der Waals surface area contributed by atoms with Gasteiger partial charge in [0.15, 0.2) is 0 Å². The summed E-state index contributed by atoms with van der Waals surface area (Å²) in [6.07, 6.45) is 3.95. The predicted octanol–water partition coefficient (Wildman–Crippen LogP) is 4.44. The van der Waals surface area contributed by atoms with Crippen LogP contribution in [-0.4, -0.2) is 37.6 Å². The molecule has 1 fully saturated rings. The smallest absolute Gasteiger partial charge is 0.0366 e. The lowest BCUT2D eigenvalue weighted by Crippen LogP contribution is -2.36. The molecule has 0 aliphatic carbocycles. The number of hydrogen-bond donors (Lipinski definition) is 0. The maximum absolute atomic E-state index is 2.65. The van der Waals surface area contributed by atoms with E-state index >= 15 is 0 Å². The molecule has 124 valence electrons. The Balaban J connectivity index is 1.78. The van der Waals surface area contributed by atoms with Gasteiger partial charge in [-0.15, -0.1) is 0 Å². The van der Waals surface area contributed by atoms with Crippen molar-refractivity contribution < 1.29 is 0 Å².